The molecule has 0 saturated heterocycles. The van der Waals surface area contributed by atoms with Crippen molar-refractivity contribution in [1.29, 1.82) is 0 Å². The van der Waals surface area contributed by atoms with Crippen LogP contribution in [-0.4, -0.2) is 62.2 Å². The number of hydrogen-bond acceptors (Lipinski definition) is 7. The summed E-state index contributed by atoms with van der Waals surface area (Å²) in [6.07, 6.45) is 3.03. The summed E-state index contributed by atoms with van der Waals surface area (Å²) < 4.78 is 63.0. The van der Waals surface area contributed by atoms with E-state index in [1.807, 2.05) is 0 Å². The van der Waals surface area contributed by atoms with Crippen LogP contribution in [0.3, 0.4) is 0 Å². The highest BCUT2D eigenvalue weighted by Crippen LogP contribution is 2.36. The van der Waals surface area contributed by atoms with Gasteiger partial charge in [0.15, 0.2) is 15.7 Å². The number of rotatable bonds is 11. The molecule has 36 heavy (non-hydrogen) atoms. The van der Waals surface area contributed by atoms with Gasteiger partial charge in [-0.3, -0.25) is 4.79 Å². The zero-order valence-corrected chi connectivity index (χ0v) is 20.7. The number of nitrogens with one attached hydrogen (secondary N) is 1. The molecule has 0 bridgehead atoms. The van der Waals surface area contributed by atoms with Crippen LogP contribution in [0.5, 0.6) is 5.88 Å². The quantitative estimate of drug-likeness (QED) is 0.353. The number of benzene rings is 1. The summed E-state index contributed by atoms with van der Waals surface area (Å²) in [7, 11) is -1.78. The summed E-state index contributed by atoms with van der Waals surface area (Å²) in [6.45, 7) is 0.956. The van der Waals surface area contributed by atoms with Gasteiger partial charge in [-0.25, -0.2) is 27.2 Å². The Kier molecular flexibility index (Phi) is 8.30. The highest BCUT2D eigenvalue weighted by Gasteiger charge is 2.37. The number of allylic oxidation sites excluding steroid dienone is 1. The van der Waals surface area contributed by atoms with Gasteiger partial charge in [-0.2, -0.15) is 0 Å². The minimum absolute atomic E-state index is 0.0268. The van der Waals surface area contributed by atoms with Crippen molar-refractivity contribution in [3.63, 3.8) is 0 Å². The fraction of sp³-hybridized carbons (Fsp3) is 0.480. The third kappa shape index (κ3) is 6.44. The molecule has 11 heteroatoms. The number of halogens is 2. The molecule has 1 aromatic heterocycles. The van der Waals surface area contributed by atoms with Crippen molar-refractivity contribution in [2.45, 2.75) is 54.6 Å². The van der Waals surface area contributed by atoms with E-state index in [1.165, 1.54) is 36.7 Å². The predicted molar refractivity (Wildman–Crippen MR) is 130 cm³/mol. The number of amides is 1. The van der Waals surface area contributed by atoms with E-state index in [0.29, 0.717) is 43.9 Å². The average Bonchev–Trinajstić information content (AvgIpc) is 3.68. The molecule has 8 nitrogen and oxygen atoms in total. The van der Waals surface area contributed by atoms with Gasteiger partial charge >= 0.3 is 0 Å². The fourth-order valence-electron chi connectivity index (χ4n) is 4.06. The number of hydrogen-bond donors (Lipinski definition) is 1. The van der Waals surface area contributed by atoms with Crippen LogP contribution in [0.1, 0.15) is 37.7 Å². The van der Waals surface area contributed by atoms with Crippen LogP contribution in [-0.2, 0) is 19.4 Å². The van der Waals surface area contributed by atoms with Crippen molar-refractivity contribution in [3.05, 3.63) is 48.3 Å². The van der Waals surface area contributed by atoms with Gasteiger partial charge in [0.2, 0.25) is 5.88 Å². The van der Waals surface area contributed by atoms with Crippen molar-refractivity contribution in [3.8, 4) is 5.88 Å². The Labute approximate surface area is 209 Å². The molecule has 0 spiro atoms. The molecule has 1 N–H and O–H groups in total. The summed E-state index contributed by atoms with van der Waals surface area (Å²) in [5.74, 6) is -0.560. The molecule has 2 aliphatic carbocycles. The van der Waals surface area contributed by atoms with E-state index in [9.17, 15) is 22.0 Å². The van der Waals surface area contributed by atoms with Gasteiger partial charge in [-0.05, 0) is 49.3 Å². The maximum absolute atomic E-state index is 13.8. The Morgan fingerprint density at radius 2 is 1.78 bits per heavy atom. The second kappa shape index (κ2) is 11.4. The van der Waals surface area contributed by atoms with E-state index in [0.717, 1.165) is 0 Å². The molecule has 0 radical (unpaired) electrons. The van der Waals surface area contributed by atoms with Crippen molar-refractivity contribution in [2.24, 2.45) is 5.92 Å². The summed E-state index contributed by atoms with van der Waals surface area (Å²) >= 11 is 0. The van der Waals surface area contributed by atoms with E-state index in [1.54, 1.807) is 13.2 Å². The maximum Gasteiger partial charge on any atom is 0.257 e. The normalized spacial score (nSPS) is 22.4. The van der Waals surface area contributed by atoms with Crippen LogP contribution < -0.4 is 10.1 Å². The van der Waals surface area contributed by atoms with Crippen LogP contribution in [0.25, 0.3) is 5.57 Å². The van der Waals surface area contributed by atoms with Crippen LogP contribution in [0.4, 0.5) is 14.6 Å². The number of carbonyl (C=O) groups excluding carboxylic acids is 1. The fourth-order valence-corrected chi connectivity index (χ4v) is 5.72. The smallest absolute Gasteiger partial charge is 0.257 e. The highest BCUT2D eigenvalue weighted by atomic mass is 32.2. The zero-order valence-electron chi connectivity index (χ0n) is 19.9. The van der Waals surface area contributed by atoms with Gasteiger partial charge < -0.3 is 14.8 Å². The van der Waals surface area contributed by atoms with Crippen LogP contribution in [0.15, 0.2) is 47.6 Å². The summed E-state index contributed by atoms with van der Waals surface area (Å²) in [6, 6.07) is 6.00. The number of methoxy groups -OCH3 is 1. The first-order valence-corrected chi connectivity index (χ1v) is 13.4. The summed E-state index contributed by atoms with van der Waals surface area (Å²) in [5.41, 5.74) is 0.615. The van der Waals surface area contributed by atoms with Gasteiger partial charge in [0.25, 0.3) is 5.91 Å². The van der Waals surface area contributed by atoms with E-state index in [4.69, 9.17) is 9.47 Å². The summed E-state index contributed by atoms with van der Waals surface area (Å²) in [4.78, 5) is 21.6. The first-order valence-electron chi connectivity index (χ1n) is 11.9. The Balaban J connectivity index is 1.51. The van der Waals surface area contributed by atoms with E-state index in [-0.39, 0.29) is 34.4 Å². The first-order chi connectivity index (χ1) is 17.3. The lowest BCUT2D eigenvalue weighted by atomic mass is 9.98. The predicted octanol–water partition coefficient (Wildman–Crippen LogP) is 3.94. The second-order valence-corrected chi connectivity index (χ2v) is 11.2. The molecule has 2 fully saturated rings. The minimum atomic E-state index is -3.38. The van der Waals surface area contributed by atoms with Gasteiger partial charge in [0, 0.05) is 25.7 Å². The Bertz CT molecular complexity index is 1180. The molecule has 1 amide bonds. The van der Waals surface area contributed by atoms with E-state index in [2.05, 4.69) is 15.3 Å². The molecule has 2 aliphatic rings. The third-order valence-electron chi connectivity index (χ3n) is 6.16. The molecule has 3 atom stereocenters. The number of ether oxygens (including phenoxy) is 2. The molecule has 1 aromatic carbocycles. The number of alkyl halides is 2. The molecule has 194 valence electrons. The van der Waals surface area contributed by atoms with Crippen LogP contribution in [0, 0.1) is 5.92 Å². The summed E-state index contributed by atoms with van der Waals surface area (Å²) in [5, 5.41) is 2.30. The van der Waals surface area contributed by atoms with E-state index >= 15 is 0 Å². The Morgan fingerprint density at radius 1 is 1.08 bits per heavy atom. The molecular formula is C25H29F2N3O5S. The lowest BCUT2D eigenvalue weighted by Crippen LogP contribution is -2.16. The SMILES string of the molecule is COCCCOc1cnc(NC(=O)C(=CC2C[C@@H](F)[C@@H](F)C2)c2ccc(S(=O)(=O)C3CC3)cc2)cn1. The van der Waals surface area contributed by atoms with Gasteiger partial charge in [-0.1, -0.05) is 18.2 Å². The first kappa shape index (κ1) is 26.2. The Hall–Kier alpha value is -2.92. The number of nitrogens with zero attached hydrogens (tertiary/aromatic N) is 2. The molecule has 1 unspecified atom stereocenters. The molecule has 2 saturated carbocycles. The molecular weight excluding hydrogens is 492 g/mol. The number of sulfone groups is 1. The second-order valence-electron chi connectivity index (χ2n) is 9.00. The molecule has 1 heterocycles. The lowest BCUT2D eigenvalue weighted by molar-refractivity contribution is -0.111. The van der Waals surface area contributed by atoms with E-state index < -0.39 is 34.0 Å². The standard InChI is InChI=1S/C25H29F2N3O5S/c1-34-9-2-10-35-24-15-28-23(14-29-24)30-25(31)20(11-16-12-21(26)22(27)13-16)17-3-5-18(6-4-17)36(32,33)19-7-8-19/h3-6,11,14-16,19,21-22H,2,7-10,12-13H2,1H3,(H,28,30,31)/t16?,21-,22+. The van der Waals surface area contributed by atoms with Crippen LogP contribution in [0.2, 0.25) is 0 Å². The lowest BCUT2D eigenvalue weighted by Gasteiger charge is -2.13. The topological polar surface area (TPSA) is 107 Å². The maximum atomic E-state index is 13.8. The molecule has 4 rings (SSSR count). The van der Waals surface area contributed by atoms with Gasteiger partial charge in [-0.15, -0.1) is 0 Å². The molecule has 2 aromatic rings. The largest absolute Gasteiger partial charge is 0.476 e. The number of aromatic nitrogens is 2. The van der Waals surface area contributed by atoms with Gasteiger partial charge in [0.1, 0.15) is 12.3 Å². The average molecular weight is 522 g/mol. The van der Waals surface area contributed by atoms with Crippen molar-refractivity contribution < 1.29 is 31.5 Å². The monoisotopic (exact) mass is 521 g/mol. The third-order valence-corrected chi connectivity index (χ3v) is 8.44. The van der Waals surface area contributed by atoms with Gasteiger partial charge in [0.05, 0.1) is 29.1 Å². The number of carbonyl (C=O) groups is 1. The molecule has 0 aliphatic heterocycles. The van der Waals surface area contributed by atoms with Crippen molar-refractivity contribution >= 4 is 27.1 Å². The number of anilines is 1. The van der Waals surface area contributed by atoms with Crippen molar-refractivity contribution in [1.82, 2.24) is 9.97 Å². The zero-order chi connectivity index (χ0) is 25.7. The minimum Gasteiger partial charge on any atom is -0.476 e. The highest BCUT2D eigenvalue weighted by molar-refractivity contribution is 7.92. The van der Waals surface area contributed by atoms with Crippen LogP contribution >= 0.6 is 0 Å². The Morgan fingerprint density at radius 3 is 2.36 bits per heavy atom. The van der Waals surface area contributed by atoms with Crippen molar-refractivity contribution in [2.75, 3.05) is 25.6 Å².